The fraction of sp³-hybridized carbons (Fsp3) is 0.600. The van der Waals surface area contributed by atoms with Crippen molar-refractivity contribution in [2.45, 2.75) is 18.9 Å². The van der Waals surface area contributed by atoms with Crippen LogP contribution in [0.15, 0.2) is 12.4 Å². The second-order valence-corrected chi connectivity index (χ2v) is 4.75. The second-order valence-electron chi connectivity index (χ2n) is 3.60. The molecule has 4 nitrogen and oxygen atoms in total. The fourth-order valence-corrected chi connectivity index (χ4v) is 2.69. The lowest BCUT2D eigenvalue weighted by molar-refractivity contribution is 0.682. The lowest BCUT2D eigenvalue weighted by atomic mass is 10.2. The van der Waals surface area contributed by atoms with Crippen molar-refractivity contribution in [1.29, 1.82) is 0 Å². The molecule has 2 rings (SSSR count). The molecular weight excluding hydrogens is 208 g/mol. The minimum atomic E-state index is 0.546. The molecule has 0 radical (unpaired) electrons. The summed E-state index contributed by atoms with van der Waals surface area (Å²) in [6, 6.07) is 0.546. The van der Waals surface area contributed by atoms with Gasteiger partial charge in [0.1, 0.15) is 11.6 Å². The van der Waals surface area contributed by atoms with E-state index in [2.05, 4.69) is 20.6 Å². The predicted molar refractivity (Wildman–Crippen MR) is 65.5 cm³/mol. The Kier molecular flexibility index (Phi) is 3.66. The van der Waals surface area contributed by atoms with E-state index >= 15 is 0 Å². The van der Waals surface area contributed by atoms with E-state index in [1.165, 1.54) is 24.3 Å². The maximum atomic E-state index is 4.39. The summed E-state index contributed by atoms with van der Waals surface area (Å²) in [4.78, 5) is 8.52. The number of thioether (sulfide) groups is 1. The van der Waals surface area contributed by atoms with Crippen molar-refractivity contribution in [3.8, 4) is 0 Å². The average molecular weight is 224 g/mol. The molecule has 15 heavy (non-hydrogen) atoms. The minimum absolute atomic E-state index is 0.546. The molecule has 1 unspecified atom stereocenters. The van der Waals surface area contributed by atoms with Gasteiger partial charge >= 0.3 is 0 Å². The Morgan fingerprint density at radius 2 is 2.27 bits per heavy atom. The normalized spacial score (nSPS) is 21.0. The monoisotopic (exact) mass is 224 g/mol. The van der Waals surface area contributed by atoms with Gasteiger partial charge in [-0.05, 0) is 18.6 Å². The van der Waals surface area contributed by atoms with E-state index in [1.807, 2.05) is 18.8 Å². The Hall–Kier alpha value is -0.970. The van der Waals surface area contributed by atoms with E-state index < -0.39 is 0 Å². The molecule has 1 aromatic rings. The van der Waals surface area contributed by atoms with Crippen molar-refractivity contribution in [1.82, 2.24) is 9.97 Å². The molecular formula is C10H16N4S. The Balaban J connectivity index is 1.96. The zero-order valence-electron chi connectivity index (χ0n) is 8.86. The van der Waals surface area contributed by atoms with Crippen molar-refractivity contribution in [3.05, 3.63) is 12.4 Å². The van der Waals surface area contributed by atoms with Gasteiger partial charge in [-0.25, -0.2) is 4.98 Å². The van der Waals surface area contributed by atoms with Crippen molar-refractivity contribution < 1.29 is 0 Å². The SMILES string of the molecule is CNc1cncc(NC2CCCSC2)n1. The molecule has 82 valence electrons. The van der Waals surface area contributed by atoms with E-state index in [9.17, 15) is 0 Å². The zero-order chi connectivity index (χ0) is 10.5. The molecule has 0 spiro atoms. The van der Waals surface area contributed by atoms with Crippen LogP contribution in [0.2, 0.25) is 0 Å². The largest absolute Gasteiger partial charge is 0.372 e. The molecule has 0 saturated carbocycles. The third-order valence-corrected chi connectivity index (χ3v) is 3.62. The van der Waals surface area contributed by atoms with Crippen molar-refractivity contribution in [2.24, 2.45) is 0 Å². The van der Waals surface area contributed by atoms with Gasteiger partial charge in [-0.1, -0.05) is 0 Å². The highest BCUT2D eigenvalue weighted by molar-refractivity contribution is 7.99. The van der Waals surface area contributed by atoms with Gasteiger partial charge in [-0.15, -0.1) is 0 Å². The van der Waals surface area contributed by atoms with E-state index in [0.29, 0.717) is 6.04 Å². The first-order valence-corrected chi connectivity index (χ1v) is 6.38. The highest BCUT2D eigenvalue weighted by Gasteiger charge is 2.13. The Morgan fingerprint density at radius 1 is 1.40 bits per heavy atom. The molecule has 0 amide bonds. The van der Waals surface area contributed by atoms with Crippen LogP contribution in [0, 0.1) is 0 Å². The molecule has 1 fully saturated rings. The van der Waals surface area contributed by atoms with Gasteiger partial charge in [0.25, 0.3) is 0 Å². The first-order valence-electron chi connectivity index (χ1n) is 5.22. The molecule has 1 aliphatic heterocycles. The van der Waals surface area contributed by atoms with Gasteiger partial charge in [0.2, 0.25) is 0 Å². The minimum Gasteiger partial charge on any atom is -0.372 e. The molecule has 1 aromatic heterocycles. The third kappa shape index (κ3) is 2.99. The van der Waals surface area contributed by atoms with E-state index in [-0.39, 0.29) is 0 Å². The number of hydrogen-bond donors (Lipinski definition) is 2. The van der Waals surface area contributed by atoms with Crippen molar-refractivity contribution in [3.63, 3.8) is 0 Å². The number of hydrogen-bond acceptors (Lipinski definition) is 5. The van der Waals surface area contributed by atoms with Gasteiger partial charge in [0.05, 0.1) is 12.4 Å². The molecule has 2 heterocycles. The van der Waals surface area contributed by atoms with Crippen LogP contribution in [0.1, 0.15) is 12.8 Å². The Morgan fingerprint density at radius 3 is 3.00 bits per heavy atom. The number of anilines is 2. The number of nitrogens with one attached hydrogen (secondary N) is 2. The maximum absolute atomic E-state index is 4.39. The molecule has 0 bridgehead atoms. The topological polar surface area (TPSA) is 49.8 Å². The lowest BCUT2D eigenvalue weighted by Crippen LogP contribution is -2.26. The summed E-state index contributed by atoms with van der Waals surface area (Å²) >= 11 is 2.01. The molecule has 0 aromatic carbocycles. The van der Waals surface area contributed by atoms with Gasteiger partial charge in [0, 0.05) is 18.8 Å². The summed E-state index contributed by atoms with van der Waals surface area (Å²) in [6.45, 7) is 0. The van der Waals surface area contributed by atoms with E-state index in [0.717, 1.165) is 11.6 Å². The second kappa shape index (κ2) is 5.21. The first kappa shape index (κ1) is 10.5. The highest BCUT2D eigenvalue weighted by Crippen LogP contribution is 2.20. The van der Waals surface area contributed by atoms with Gasteiger partial charge < -0.3 is 10.6 Å². The van der Waals surface area contributed by atoms with E-state index in [4.69, 9.17) is 0 Å². The highest BCUT2D eigenvalue weighted by atomic mass is 32.2. The van der Waals surface area contributed by atoms with Crippen LogP contribution in [0.4, 0.5) is 11.6 Å². The average Bonchev–Trinajstić information content (AvgIpc) is 2.31. The summed E-state index contributed by atoms with van der Waals surface area (Å²) in [5.41, 5.74) is 0. The van der Waals surface area contributed by atoms with Crippen LogP contribution >= 0.6 is 11.8 Å². The van der Waals surface area contributed by atoms with Crippen molar-refractivity contribution >= 4 is 23.4 Å². The number of rotatable bonds is 3. The summed E-state index contributed by atoms with van der Waals surface area (Å²) < 4.78 is 0. The molecule has 0 aliphatic carbocycles. The number of aromatic nitrogens is 2. The quantitative estimate of drug-likeness (QED) is 0.820. The maximum Gasteiger partial charge on any atom is 0.147 e. The van der Waals surface area contributed by atoms with Crippen LogP contribution in [0.5, 0.6) is 0 Å². The zero-order valence-corrected chi connectivity index (χ0v) is 9.68. The third-order valence-electron chi connectivity index (χ3n) is 2.40. The summed E-state index contributed by atoms with van der Waals surface area (Å²) in [7, 11) is 1.85. The Bertz CT molecular complexity index is 312. The summed E-state index contributed by atoms with van der Waals surface area (Å²) in [6.07, 6.45) is 6.03. The van der Waals surface area contributed by atoms with Crippen molar-refractivity contribution in [2.75, 3.05) is 29.2 Å². The fourth-order valence-electron chi connectivity index (χ4n) is 1.62. The number of nitrogens with zero attached hydrogens (tertiary/aromatic N) is 2. The molecule has 5 heteroatoms. The van der Waals surface area contributed by atoms with Crippen LogP contribution in [0.25, 0.3) is 0 Å². The molecule has 2 N–H and O–H groups in total. The van der Waals surface area contributed by atoms with Crippen LogP contribution in [-0.4, -0.2) is 34.6 Å². The van der Waals surface area contributed by atoms with Crippen LogP contribution in [0.3, 0.4) is 0 Å². The molecule has 1 saturated heterocycles. The van der Waals surface area contributed by atoms with Crippen LogP contribution in [-0.2, 0) is 0 Å². The van der Waals surface area contributed by atoms with Crippen LogP contribution < -0.4 is 10.6 Å². The lowest BCUT2D eigenvalue weighted by Gasteiger charge is -2.22. The first-order chi connectivity index (χ1) is 7.38. The molecule has 1 aliphatic rings. The smallest absolute Gasteiger partial charge is 0.147 e. The Labute approximate surface area is 94.3 Å². The standard InChI is InChI=1S/C10H16N4S/c1-11-9-5-12-6-10(14-9)13-8-3-2-4-15-7-8/h5-6,8H,2-4,7H2,1H3,(H2,11,13,14). The van der Waals surface area contributed by atoms with Gasteiger partial charge in [-0.3, -0.25) is 4.98 Å². The summed E-state index contributed by atoms with van der Waals surface area (Å²) in [5, 5.41) is 6.41. The van der Waals surface area contributed by atoms with E-state index in [1.54, 1.807) is 12.4 Å². The van der Waals surface area contributed by atoms with Gasteiger partial charge in [0.15, 0.2) is 0 Å². The summed E-state index contributed by atoms with van der Waals surface area (Å²) in [5.74, 6) is 4.14. The predicted octanol–water partition coefficient (Wildman–Crippen LogP) is 1.83. The van der Waals surface area contributed by atoms with Gasteiger partial charge in [-0.2, -0.15) is 11.8 Å². The molecule has 1 atom stereocenters.